The summed E-state index contributed by atoms with van der Waals surface area (Å²) in [5.74, 6) is 0.422. The maximum atomic E-state index is 10.2. The molecule has 1 unspecified atom stereocenters. The van der Waals surface area contributed by atoms with E-state index in [0.29, 0.717) is 5.92 Å². The third kappa shape index (κ3) is 1.81. The minimum absolute atomic E-state index is 0.319. The van der Waals surface area contributed by atoms with Crippen LogP contribution in [0.4, 0.5) is 0 Å². The Bertz CT molecular complexity index is 108. The van der Waals surface area contributed by atoms with Gasteiger partial charge in [0.1, 0.15) is 0 Å². The summed E-state index contributed by atoms with van der Waals surface area (Å²) >= 11 is 0. The van der Waals surface area contributed by atoms with Gasteiger partial charge in [0.15, 0.2) is 0 Å². The molecular weight excluding hydrogens is 126 g/mol. The molecule has 0 aromatic carbocycles. The summed E-state index contributed by atoms with van der Waals surface area (Å²) in [6, 6.07) is -0.319. The highest BCUT2D eigenvalue weighted by molar-refractivity contribution is 5.58. The Morgan fingerprint density at radius 3 is 2.40 bits per heavy atom. The summed E-state index contributed by atoms with van der Waals surface area (Å²) < 4.78 is 0. The zero-order valence-corrected chi connectivity index (χ0v) is 6.18. The second kappa shape index (κ2) is 3.71. The highest BCUT2D eigenvalue weighted by Gasteiger charge is 2.19. The Labute approximate surface area is 61.8 Å². The number of hydrogen-bond acceptors (Lipinski definition) is 2. The number of rotatable bonds is 2. The van der Waals surface area contributed by atoms with Crippen LogP contribution in [-0.4, -0.2) is 12.3 Å². The second-order valence-electron chi connectivity index (χ2n) is 3.04. The van der Waals surface area contributed by atoms with Crippen LogP contribution in [0, 0.1) is 5.92 Å². The van der Waals surface area contributed by atoms with Crippen LogP contribution in [0.25, 0.3) is 0 Å². The maximum Gasteiger partial charge on any atom is 0.216 e. The van der Waals surface area contributed by atoms with Gasteiger partial charge in [-0.1, -0.05) is 19.3 Å². The molecule has 1 fully saturated rings. The molecule has 2 heteroatoms. The van der Waals surface area contributed by atoms with Crippen molar-refractivity contribution in [2.45, 2.75) is 38.1 Å². The van der Waals surface area contributed by atoms with Gasteiger partial charge in [-0.05, 0) is 18.8 Å². The SMILES string of the molecule is NC([C]=O)C1CCCCC1. The monoisotopic (exact) mass is 140 g/mol. The molecule has 0 aromatic heterocycles. The third-order valence-electron chi connectivity index (χ3n) is 2.29. The van der Waals surface area contributed by atoms with Crippen LogP contribution in [0.2, 0.25) is 0 Å². The molecule has 0 aliphatic heterocycles. The van der Waals surface area contributed by atoms with Gasteiger partial charge in [0, 0.05) is 0 Å². The zero-order valence-electron chi connectivity index (χ0n) is 6.18. The molecule has 1 radical (unpaired) electrons. The van der Waals surface area contributed by atoms with Gasteiger partial charge in [-0.3, -0.25) is 4.79 Å². The Balaban J connectivity index is 2.30. The van der Waals surface area contributed by atoms with E-state index in [1.807, 2.05) is 6.29 Å². The van der Waals surface area contributed by atoms with Gasteiger partial charge in [0.25, 0.3) is 0 Å². The summed E-state index contributed by atoms with van der Waals surface area (Å²) in [6.07, 6.45) is 7.89. The van der Waals surface area contributed by atoms with Gasteiger partial charge in [0.2, 0.25) is 6.29 Å². The molecule has 1 rings (SSSR count). The highest BCUT2D eigenvalue weighted by Crippen LogP contribution is 2.24. The second-order valence-corrected chi connectivity index (χ2v) is 3.04. The zero-order chi connectivity index (χ0) is 7.40. The lowest BCUT2D eigenvalue weighted by atomic mass is 9.85. The fourth-order valence-corrected chi connectivity index (χ4v) is 1.59. The minimum atomic E-state index is -0.319. The van der Waals surface area contributed by atoms with Crippen molar-refractivity contribution in [2.24, 2.45) is 11.7 Å². The first-order chi connectivity index (χ1) is 4.84. The van der Waals surface area contributed by atoms with Crippen molar-refractivity contribution in [3.8, 4) is 0 Å². The fraction of sp³-hybridized carbons (Fsp3) is 0.875. The lowest BCUT2D eigenvalue weighted by Crippen LogP contribution is -2.32. The van der Waals surface area contributed by atoms with E-state index >= 15 is 0 Å². The largest absolute Gasteiger partial charge is 0.321 e. The molecule has 57 valence electrons. The van der Waals surface area contributed by atoms with E-state index in [1.165, 1.54) is 19.3 Å². The molecule has 0 aromatic rings. The Hall–Kier alpha value is -0.370. The van der Waals surface area contributed by atoms with Crippen LogP contribution >= 0.6 is 0 Å². The van der Waals surface area contributed by atoms with Crippen molar-refractivity contribution < 1.29 is 4.79 Å². The summed E-state index contributed by atoms with van der Waals surface area (Å²) in [6.45, 7) is 0. The van der Waals surface area contributed by atoms with E-state index < -0.39 is 0 Å². The van der Waals surface area contributed by atoms with Crippen molar-refractivity contribution in [1.29, 1.82) is 0 Å². The topological polar surface area (TPSA) is 43.1 Å². The van der Waals surface area contributed by atoms with Gasteiger partial charge < -0.3 is 5.73 Å². The normalized spacial score (nSPS) is 24.1. The quantitative estimate of drug-likeness (QED) is 0.622. The molecule has 2 N–H and O–H groups in total. The van der Waals surface area contributed by atoms with Crippen molar-refractivity contribution in [3.63, 3.8) is 0 Å². The Morgan fingerprint density at radius 1 is 1.30 bits per heavy atom. The van der Waals surface area contributed by atoms with Crippen LogP contribution in [0.1, 0.15) is 32.1 Å². The van der Waals surface area contributed by atoms with Crippen molar-refractivity contribution in [3.05, 3.63) is 0 Å². The minimum Gasteiger partial charge on any atom is -0.321 e. The van der Waals surface area contributed by atoms with E-state index in [0.717, 1.165) is 12.8 Å². The van der Waals surface area contributed by atoms with Crippen LogP contribution in [-0.2, 0) is 4.79 Å². The fourth-order valence-electron chi connectivity index (χ4n) is 1.59. The number of nitrogens with two attached hydrogens (primary N) is 1. The molecule has 2 nitrogen and oxygen atoms in total. The van der Waals surface area contributed by atoms with Crippen LogP contribution < -0.4 is 5.73 Å². The van der Waals surface area contributed by atoms with Gasteiger partial charge >= 0.3 is 0 Å². The van der Waals surface area contributed by atoms with Crippen molar-refractivity contribution in [1.82, 2.24) is 0 Å². The number of hydrogen-bond donors (Lipinski definition) is 1. The molecule has 1 saturated carbocycles. The summed E-state index contributed by atoms with van der Waals surface area (Å²) in [5.41, 5.74) is 5.52. The maximum absolute atomic E-state index is 10.2. The molecule has 10 heavy (non-hydrogen) atoms. The van der Waals surface area contributed by atoms with Crippen LogP contribution in [0.15, 0.2) is 0 Å². The van der Waals surface area contributed by atoms with E-state index in [1.54, 1.807) is 0 Å². The highest BCUT2D eigenvalue weighted by atomic mass is 16.1. The molecule has 0 amide bonds. The Kier molecular flexibility index (Phi) is 2.87. The average molecular weight is 140 g/mol. The molecule has 1 aliphatic rings. The first kappa shape index (κ1) is 7.73. The molecule has 1 atom stereocenters. The molecule has 1 aliphatic carbocycles. The average Bonchev–Trinajstić information content (AvgIpc) is 2.05. The smallest absolute Gasteiger partial charge is 0.216 e. The van der Waals surface area contributed by atoms with Gasteiger partial charge in [0.05, 0.1) is 6.04 Å². The van der Waals surface area contributed by atoms with Crippen LogP contribution in [0.3, 0.4) is 0 Å². The van der Waals surface area contributed by atoms with Crippen LogP contribution in [0.5, 0.6) is 0 Å². The first-order valence-corrected chi connectivity index (χ1v) is 3.98. The van der Waals surface area contributed by atoms with E-state index in [-0.39, 0.29) is 6.04 Å². The first-order valence-electron chi connectivity index (χ1n) is 3.98. The molecule has 0 spiro atoms. The van der Waals surface area contributed by atoms with E-state index in [4.69, 9.17) is 5.73 Å². The predicted octanol–water partition coefficient (Wildman–Crippen LogP) is 1.00. The molecule has 0 heterocycles. The summed E-state index contributed by atoms with van der Waals surface area (Å²) in [7, 11) is 0. The van der Waals surface area contributed by atoms with Gasteiger partial charge in [-0.25, -0.2) is 0 Å². The van der Waals surface area contributed by atoms with E-state index in [2.05, 4.69) is 0 Å². The Morgan fingerprint density at radius 2 is 1.90 bits per heavy atom. The molecule has 0 bridgehead atoms. The summed E-state index contributed by atoms with van der Waals surface area (Å²) in [4.78, 5) is 10.2. The summed E-state index contributed by atoms with van der Waals surface area (Å²) in [5, 5.41) is 0. The van der Waals surface area contributed by atoms with Gasteiger partial charge in [-0.2, -0.15) is 0 Å². The molecular formula is C8H14NO. The van der Waals surface area contributed by atoms with Crippen molar-refractivity contribution >= 4 is 6.29 Å². The number of carbonyl (C=O) groups excluding carboxylic acids is 1. The lowest BCUT2D eigenvalue weighted by molar-refractivity contribution is 0.335. The van der Waals surface area contributed by atoms with Crippen molar-refractivity contribution in [2.75, 3.05) is 0 Å². The van der Waals surface area contributed by atoms with E-state index in [9.17, 15) is 4.79 Å². The lowest BCUT2D eigenvalue weighted by Gasteiger charge is -2.23. The predicted molar refractivity (Wildman–Crippen MR) is 40.2 cm³/mol. The standard InChI is InChI=1S/C8H14NO/c9-8(6-10)7-4-2-1-3-5-7/h7-8H,1-5,9H2. The third-order valence-corrected chi connectivity index (χ3v) is 2.29. The molecule has 0 saturated heterocycles. The van der Waals surface area contributed by atoms with Gasteiger partial charge in [-0.15, -0.1) is 0 Å².